The minimum absolute atomic E-state index is 0.0459. The van der Waals surface area contributed by atoms with E-state index >= 15 is 0 Å². The zero-order valence-electron chi connectivity index (χ0n) is 13.2. The number of ether oxygens (including phenoxy) is 2. The number of carbonyl (C=O) groups is 1. The Morgan fingerprint density at radius 2 is 2.13 bits per heavy atom. The number of hydrogen-bond acceptors (Lipinski definition) is 4. The third-order valence-corrected chi connectivity index (χ3v) is 5.06. The predicted octanol–water partition coefficient (Wildman–Crippen LogP) is 2.87. The van der Waals surface area contributed by atoms with Crippen molar-refractivity contribution in [1.82, 2.24) is 5.32 Å². The minimum atomic E-state index is -0.512. The van der Waals surface area contributed by atoms with Crippen molar-refractivity contribution >= 4 is 17.2 Å². The van der Waals surface area contributed by atoms with Gasteiger partial charge in [-0.2, -0.15) is 0 Å². The van der Waals surface area contributed by atoms with Crippen LogP contribution in [0.4, 0.5) is 0 Å². The quantitative estimate of drug-likeness (QED) is 0.916. The second kappa shape index (κ2) is 7.73. The van der Waals surface area contributed by atoms with E-state index in [-0.39, 0.29) is 11.9 Å². The molecule has 2 heterocycles. The van der Waals surface area contributed by atoms with Crippen LogP contribution in [-0.2, 0) is 20.7 Å². The highest BCUT2D eigenvalue weighted by Gasteiger charge is 2.26. The van der Waals surface area contributed by atoms with Crippen LogP contribution in [0.15, 0.2) is 41.8 Å². The summed E-state index contributed by atoms with van der Waals surface area (Å²) in [5, 5.41) is 5.21. The summed E-state index contributed by atoms with van der Waals surface area (Å²) in [6, 6.07) is 12.3. The second-order valence-corrected chi connectivity index (χ2v) is 6.60. The number of amides is 1. The SMILES string of the molecule is Cc1ccsc1C(Cc1ccccc1)NC(=O)C1COCCO1. The first-order valence-electron chi connectivity index (χ1n) is 7.81. The zero-order chi connectivity index (χ0) is 16.1. The van der Waals surface area contributed by atoms with Gasteiger partial charge in [-0.1, -0.05) is 30.3 Å². The monoisotopic (exact) mass is 331 g/mol. The van der Waals surface area contributed by atoms with Gasteiger partial charge in [0.15, 0.2) is 6.10 Å². The molecule has 4 nitrogen and oxygen atoms in total. The second-order valence-electron chi connectivity index (χ2n) is 5.65. The van der Waals surface area contributed by atoms with E-state index in [9.17, 15) is 4.79 Å². The molecule has 1 aromatic heterocycles. The lowest BCUT2D eigenvalue weighted by molar-refractivity contribution is -0.148. The maximum atomic E-state index is 12.5. The summed E-state index contributed by atoms with van der Waals surface area (Å²) >= 11 is 1.68. The Bertz CT molecular complexity index is 635. The number of hydrogen-bond donors (Lipinski definition) is 1. The molecule has 122 valence electrons. The van der Waals surface area contributed by atoms with Crippen molar-refractivity contribution in [3.8, 4) is 0 Å². The van der Waals surface area contributed by atoms with Gasteiger partial charge in [0.25, 0.3) is 5.91 Å². The highest BCUT2D eigenvalue weighted by Crippen LogP contribution is 2.27. The molecule has 2 atom stereocenters. The van der Waals surface area contributed by atoms with Crippen molar-refractivity contribution in [2.45, 2.75) is 25.5 Å². The van der Waals surface area contributed by atoms with E-state index in [0.717, 1.165) is 6.42 Å². The standard InChI is InChI=1S/C18H21NO3S/c1-13-7-10-23-17(13)15(11-14-5-3-2-4-6-14)19-18(20)16-12-21-8-9-22-16/h2-7,10,15-16H,8-9,11-12H2,1H3,(H,19,20). The first-order valence-corrected chi connectivity index (χ1v) is 8.69. The molecular weight excluding hydrogens is 310 g/mol. The van der Waals surface area contributed by atoms with Crippen LogP contribution < -0.4 is 5.32 Å². The smallest absolute Gasteiger partial charge is 0.252 e. The maximum Gasteiger partial charge on any atom is 0.252 e. The van der Waals surface area contributed by atoms with Crippen LogP contribution in [0.2, 0.25) is 0 Å². The van der Waals surface area contributed by atoms with Gasteiger partial charge in [-0.25, -0.2) is 0 Å². The van der Waals surface area contributed by atoms with Crippen molar-refractivity contribution in [3.63, 3.8) is 0 Å². The summed E-state index contributed by atoms with van der Waals surface area (Å²) in [5.74, 6) is -0.0987. The predicted molar refractivity (Wildman–Crippen MR) is 90.6 cm³/mol. The van der Waals surface area contributed by atoms with Crippen LogP contribution >= 0.6 is 11.3 Å². The van der Waals surface area contributed by atoms with Crippen LogP contribution in [0.25, 0.3) is 0 Å². The van der Waals surface area contributed by atoms with Gasteiger partial charge < -0.3 is 14.8 Å². The Hall–Kier alpha value is -1.69. The van der Waals surface area contributed by atoms with Crippen LogP contribution in [0.5, 0.6) is 0 Å². The normalized spacial score (nSPS) is 19.3. The molecule has 0 bridgehead atoms. The molecule has 1 N–H and O–H groups in total. The summed E-state index contributed by atoms with van der Waals surface area (Å²) in [6.45, 7) is 3.43. The third kappa shape index (κ3) is 4.19. The van der Waals surface area contributed by atoms with Gasteiger partial charge >= 0.3 is 0 Å². The molecule has 0 aliphatic carbocycles. The van der Waals surface area contributed by atoms with Crippen molar-refractivity contribution in [2.24, 2.45) is 0 Å². The van der Waals surface area contributed by atoms with Gasteiger partial charge in [-0.3, -0.25) is 4.79 Å². The van der Waals surface area contributed by atoms with Crippen molar-refractivity contribution in [2.75, 3.05) is 19.8 Å². The van der Waals surface area contributed by atoms with E-state index < -0.39 is 6.10 Å². The van der Waals surface area contributed by atoms with E-state index in [1.54, 1.807) is 11.3 Å². The number of nitrogens with one attached hydrogen (secondary N) is 1. The fourth-order valence-electron chi connectivity index (χ4n) is 2.70. The molecule has 1 saturated heterocycles. The number of benzene rings is 1. The summed E-state index contributed by atoms with van der Waals surface area (Å²) in [5.41, 5.74) is 2.41. The lowest BCUT2D eigenvalue weighted by Crippen LogP contribution is -2.44. The van der Waals surface area contributed by atoms with Crippen LogP contribution in [0.3, 0.4) is 0 Å². The molecule has 1 fully saturated rings. The van der Waals surface area contributed by atoms with Gasteiger partial charge in [0.1, 0.15) is 0 Å². The van der Waals surface area contributed by atoms with E-state index in [4.69, 9.17) is 9.47 Å². The largest absolute Gasteiger partial charge is 0.376 e. The first kappa shape index (κ1) is 16.2. The molecule has 0 saturated carbocycles. The average molecular weight is 331 g/mol. The molecule has 0 radical (unpaired) electrons. The Balaban J connectivity index is 1.75. The maximum absolute atomic E-state index is 12.5. The molecule has 23 heavy (non-hydrogen) atoms. The summed E-state index contributed by atoms with van der Waals surface area (Å²) in [4.78, 5) is 13.7. The lowest BCUT2D eigenvalue weighted by atomic mass is 10.0. The molecule has 1 aromatic carbocycles. The van der Waals surface area contributed by atoms with Crippen LogP contribution in [0.1, 0.15) is 22.0 Å². The summed E-state index contributed by atoms with van der Waals surface area (Å²) in [7, 11) is 0. The Kier molecular flexibility index (Phi) is 5.43. The Morgan fingerprint density at radius 1 is 1.30 bits per heavy atom. The lowest BCUT2D eigenvalue weighted by Gasteiger charge is -2.25. The molecule has 1 aliphatic rings. The number of aryl methyl sites for hydroxylation is 1. The number of rotatable bonds is 5. The van der Waals surface area contributed by atoms with E-state index in [0.29, 0.717) is 19.8 Å². The molecule has 5 heteroatoms. The molecule has 0 spiro atoms. The summed E-state index contributed by atoms with van der Waals surface area (Å²) < 4.78 is 10.8. The molecule has 2 aromatic rings. The molecule has 3 rings (SSSR count). The van der Waals surface area contributed by atoms with Crippen LogP contribution in [-0.4, -0.2) is 31.8 Å². The van der Waals surface area contributed by atoms with Crippen molar-refractivity contribution < 1.29 is 14.3 Å². The van der Waals surface area contributed by atoms with Gasteiger partial charge in [-0.15, -0.1) is 11.3 Å². The fraction of sp³-hybridized carbons (Fsp3) is 0.389. The van der Waals surface area contributed by atoms with Gasteiger partial charge in [0, 0.05) is 4.88 Å². The first-order chi connectivity index (χ1) is 11.2. The highest BCUT2D eigenvalue weighted by molar-refractivity contribution is 7.10. The number of thiophene rings is 1. The highest BCUT2D eigenvalue weighted by atomic mass is 32.1. The molecule has 1 amide bonds. The minimum Gasteiger partial charge on any atom is -0.376 e. The number of carbonyl (C=O) groups excluding carboxylic acids is 1. The molecule has 1 aliphatic heterocycles. The summed E-state index contributed by atoms with van der Waals surface area (Å²) in [6.07, 6.45) is 0.254. The zero-order valence-corrected chi connectivity index (χ0v) is 14.0. The molecule has 2 unspecified atom stereocenters. The van der Waals surface area contributed by atoms with E-state index in [1.807, 2.05) is 18.2 Å². The fourth-order valence-corrected chi connectivity index (χ4v) is 3.68. The van der Waals surface area contributed by atoms with Gasteiger partial charge in [0.2, 0.25) is 0 Å². The van der Waals surface area contributed by atoms with E-state index in [2.05, 4.69) is 35.8 Å². The molecular formula is C18H21NO3S. The Labute approximate surface area is 140 Å². The van der Waals surface area contributed by atoms with E-state index in [1.165, 1.54) is 16.0 Å². The topological polar surface area (TPSA) is 47.6 Å². The Morgan fingerprint density at radius 3 is 2.78 bits per heavy atom. The van der Waals surface area contributed by atoms with Gasteiger partial charge in [-0.05, 0) is 35.9 Å². The van der Waals surface area contributed by atoms with Crippen molar-refractivity contribution in [1.29, 1.82) is 0 Å². The van der Waals surface area contributed by atoms with Crippen LogP contribution in [0, 0.1) is 6.92 Å². The third-order valence-electron chi connectivity index (χ3n) is 3.93. The van der Waals surface area contributed by atoms with Gasteiger partial charge in [0.05, 0.1) is 25.9 Å². The van der Waals surface area contributed by atoms with Crippen molar-refractivity contribution in [3.05, 3.63) is 57.8 Å². The average Bonchev–Trinajstić information content (AvgIpc) is 3.02.